The quantitative estimate of drug-likeness (QED) is 0.766. The standard InChI is InChI=1S/C13H22N2O/c1-2-11-13(16)15-12(14-11)10-8-6-4-3-5-7-9-10/h10-11H,2-9H2,1H3,(H,14,15,16). The summed E-state index contributed by atoms with van der Waals surface area (Å²) < 4.78 is 0. The third kappa shape index (κ3) is 2.63. The summed E-state index contributed by atoms with van der Waals surface area (Å²) in [5.74, 6) is 1.61. The van der Waals surface area contributed by atoms with Crippen molar-refractivity contribution in [2.45, 2.75) is 64.3 Å². The van der Waals surface area contributed by atoms with Crippen LogP contribution in [0.15, 0.2) is 4.99 Å². The number of aliphatic imine (C=N–C) groups is 1. The lowest BCUT2D eigenvalue weighted by atomic mass is 9.90. The zero-order chi connectivity index (χ0) is 11.4. The van der Waals surface area contributed by atoms with E-state index >= 15 is 0 Å². The fraction of sp³-hybridized carbons (Fsp3) is 0.846. The first-order chi connectivity index (χ1) is 7.81. The van der Waals surface area contributed by atoms with E-state index in [4.69, 9.17) is 0 Å². The van der Waals surface area contributed by atoms with Gasteiger partial charge in [0.2, 0.25) is 5.91 Å². The fourth-order valence-electron chi connectivity index (χ4n) is 2.68. The predicted molar refractivity (Wildman–Crippen MR) is 65.5 cm³/mol. The first kappa shape index (κ1) is 11.6. The van der Waals surface area contributed by atoms with Crippen molar-refractivity contribution in [1.29, 1.82) is 0 Å². The molecule has 2 rings (SSSR count). The number of amides is 1. The first-order valence-corrected chi connectivity index (χ1v) is 6.70. The summed E-state index contributed by atoms with van der Waals surface area (Å²) in [4.78, 5) is 16.1. The molecule has 1 aliphatic carbocycles. The molecule has 0 aromatic rings. The van der Waals surface area contributed by atoms with Gasteiger partial charge in [-0.3, -0.25) is 9.79 Å². The van der Waals surface area contributed by atoms with Crippen LogP contribution >= 0.6 is 0 Å². The number of carbonyl (C=O) groups excluding carboxylic acids is 1. The van der Waals surface area contributed by atoms with E-state index in [1.54, 1.807) is 0 Å². The molecule has 1 saturated carbocycles. The number of carbonyl (C=O) groups is 1. The smallest absolute Gasteiger partial charge is 0.250 e. The van der Waals surface area contributed by atoms with Gasteiger partial charge < -0.3 is 5.32 Å². The van der Waals surface area contributed by atoms with Crippen LogP contribution in [-0.4, -0.2) is 17.8 Å². The van der Waals surface area contributed by atoms with Gasteiger partial charge in [0.1, 0.15) is 11.9 Å². The van der Waals surface area contributed by atoms with Crippen LogP contribution in [0.5, 0.6) is 0 Å². The molecular weight excluding hydrogens is 200 g/mol. The van der Waals surface area contributed by atoms with Crippen molar-refractivity contribution >= 4 is 11.7 Å². The number of amidine groups is 1. The zero-order valence-corrected chi connectivity index (χ0v) is 10.2. The van der Waals surface area contributed by atoms with Gasteiger partial charge in [-0.25, -0.2) is 0 Å². The maximum absolute atomic E-state index is 11.6. The molecule has 1 aliphatic heterocycles. The summed E-state index contributed by atoms with van der Waals surface area (Å²) in [6, 6.07) is -0.111. The van der Waals surface area contributed by atoms with E-state index in [9.17, 15) is 4.79 Å². The van der Waals surface area contributed by atoms with Crippen LogP contribution in [0.4, 0.5) is 0 Å². The number of hydrogen-bond donors (Lipinski definition) is 1. The van der Waals surface area contributed by atoms with Crippen molar-refractivity contribution in [3.63, 3.8) is 0 Å². The summed E-state index contributed by atoms with van der Waals surface area (Å²) in [6.07, 6.45) is 9.87. The van der Waals surface area contributed by atoms with Gasteiger partial charge in [0.05, 0.1) is 0 Å². The molecule has 0 aromatic heterocycles. The maximum atomic E-state index is 11.6. The molecule has 0 spiro atoms. The highest BCUT2D eigenvalue weighted by molar-refractivity contribution is 6.06. The van der Waals surface area contributed by atoms with Crippen molar-refractivity contribution < 1.29 is 4.79 Å². The number of hydrogen-bond acceptors (Lipinski definition) is 2. The van der Waals surface area contributed by atoms with Crippen LogP contribution in [0.1, 0.15) is 58.3 Å². The molecule has 0 bridgehead atoms. The molecule has 90 valence electrons. The second-order valence-electron chi connectivity index (χ2n) is 4.97. The van der Waals surface area contributed by atoms with Gasteiger partial charge in [-0.1, -0.05) is 39.0 Å². The summed E-state index contributed by atoms with van der Waals surface area (Å²) >= 11 is 0. The predicted octanol–water partition coefficient (Wildman–Crippen LogP) is 2.65. The average Bonchev–Trinajstić information content (AvgIpc) is 2.59. The largest absolute Gasteiger partial charge is 0.312 e. The van der Waals surface area contributed by atoms with E-state index in [1.165, 1.54) is 44.9 Å². The molecule has 3 heteroatoms. The van der Waals surface area contributed by atoms with Crippen LogP contribution in [0, 0.1) is 5.92 Å². The monoisotopic (exact) mass is 222 g/mol. The van der Waals surface area contributed by atoms with Crippen LogP contribution < -0.4 is 5.32 Å². The number of rotatable bonds is 2. The first-order valence-electron chi connectivity index (χ1n) is 6.70. The summed E-state index contributed by atoms with van der Waals surface area (Å²) in [6.45, 7) is 2.02. The van der Waals surface area contributed by atoms with Crippen molar-refractivity contribution in [3.05, 3.63) is 0 Å². The second kappa shape index (κ2) is 5.46. The average molecular weight is 222 g/mol. The molecule has 1 N–H and O–H groups in total. The molecule has 16 heavy (non-hydrogen) atoms. The lowest BCUT2D eigenvalue weighted by Crippen LogP contribution is -2.32. The highest BCUT2D eigenvalue weighted by Gasteiger charge is 2.29. The Bertz CT molecular complexity index is 278. The van der Waals surface area contributed by atoms with Gasteiger partial charge in [-0.05, 0) is 19.3 Å². The molecule has 1 heterocycles. The number of nitrogens with one attached hydrogen (secondary N) is 1. The topological polar surface area (TPSA) is 41.5 Å². The zero-order valence-electron chi connectivity index (χ0n) is 10.2. The number of nitrogens with zero attached hydrogens (tertiary/aromatic N) is 1. The highest BCUT2D eigenvalue weighted by atomic mass is 16.2. The lowest BCUT2D eigenvalue weighted by Gasteiger charge is -2.19. The summed E-state index contributed by atoms with van der Waals surface area (Å²) in [7, 11) is 0. The van der Waals surface area contributed by atoms with Gasteiger partial charge in [-0.15, -0.1) is 0 Å². The highest BCUT2D eigenvalue weighted by Crippen LogP contribution is 2.24. The van der Waals surface area contributed by atoms with E-state index in [2.05, 4.69) is 10.3 Å². The third-order valence-electron chi connectivity index (χ3n) is 3.73. The SMILES string of the molecule is CCC1N=C(C2CCCCCCC2)NC1=O. The molecule has 3 nitrogen and oxygen atoms in total. The molecule has 1 amide bonds. The van der Waals surface area contributed by atoms with Crippen LogP contribution in [0.25, 0.3) is 0 Å². The van der Waals surface area contributed by atoms with Crippen LogP contribution in [0.3, 0.4) is 0 Å². The van der Waals surface area contributed by atoms with Crippen molar-refractivity contribution in [2.24, 2.45) is 10.9 Å². The van der Waals surface area contributed by atoms with Gasteiger partial charge in [0, 0.05) is 5.92 Å². The van der Waals surface area contributed by atoms with Gasteiger partial charge in [0.15, 0.2) is 0 Å². The van der Waals surface area contributed by atoms with E-state index in [-0.39, 0.29) is 11.9 Å². The molecule has 1 unspecified atom stereocenters. The van der Waals surface area contributed by atoms with Crippen molar-refractivity contribution in [1.82, 2.24) is 5.32 Å². The molecule has 0 aromatic carbocycles. The Kier molecular flexibility index (Phi) is 3.97. The maximum Gasteiger partial charge on any atom is 0.250 e. The molecular formula is C13H22N2O. The Balaban J connectivity index is 1.97. The van der Waals surface area contributed by atoms with Crippen LogP contribution in [-0.2, 0) is 4.79 Å². The van der Waals surface area contributed by atoms with Crippen molar-refractivity contribution in [3.8, 4) is 0 Å². The Hall–Kier alpha value is -0.860. The third-order valence-corrected chi connectivity index (χ3v) is 3.73. The minimum Gasteiger partial charge on any atom is -0.312 e. The Morgan fingerprint density at radius 1 is 1.19 bits per heavy atom. The van der Waals surface area contributed by atoms with E-state index in [0.717, 1.165) is 12.3 Å². The molecule has 0 radical (unpaired) electrons. The molecule has 0 saturated heterocycles. The van der Waals surface area contributed by atoms with E-state index in [0.29, 0.717) is 5.92 Å². The molecule has 1 atom stereocenters. The Morgan fingerprint density at radius 2 is 1.81 bits per heavy atom. The van der Waals surface area contributed by atoms with Crippen LogP contribution in [0.2, 0.25) is 0 Å². The summed E-state index contributed by atoms with van der Waals surface area (Å²) in [5.41, 5.74) is 0. The fourth-order valence-corrected chi connectivity index (χ4v) is 2.68. The van der Waals surface area contributed by atoms with E-state index in [1.807, 2.05) is 6.92 Å². The minimum absolute atomic E-state index is 0.111. The Morgan fingerprint density at radius 3 is 2.38 bits per heavy atom. The van der Waals surface area contributed by atoms with Gasteiger partial charge in [-0.2, -0.15) is 0 Å². The van der Waals surface area contributed by atoms with Crippen molar-refractivity contribution in [2.75, 3.05) is 0 Å². The van der Waals surface area contributed by atoms with Gasteiger partial charge >= 0.3 is 0 Å². The lowest BCUT2D eigenvalue weighted by molar-refractivity contribution is -0.120. The van der Waals surface area contributed by atoms with Gasteiger partial charge in [0.25, 0.3) is 0 Å². The minimum atomic E-state index is -0.111. The molecule has 1 fully saturated rings. The van der Waals surface area contributed by atoms with E-state index < -0.39 is 0 Å². The molecule has 2 aliphatic rings. The summed E-state index contributed by atoms with van der Waals surface area (Å²) in [5, 5.41) is 2.98. The second-order valence-corrected chi connectivity index (χ2v) is 4.97. The normalized spacial score (nSPS) is 28.2. The Labute approximate surface area is 97.7 Å².